The third-order valence-corrected chi connectivity index (χ3v) is 5.10. The van der Waals surface area contributed by atoms with E-state index in [0.29, 0.717) is 13.1 Å². The van der Waals surface area contributed by atoms with E-state index < -0.39 is 0 Å². The Labute approximate surface area is 167 Å². The predicted molar refractivity (Wildman–Crippen MR) is 112 cm³/mol. The number of rotatable bonds is 9. The van der Waals surface area contributed by atoms with Gasteiger partial charge in [-0.25, -0.2) is 19.9 Å². The van der Waals surface area contributed by atoms with Crippen LogP contribution in [0.15, 0.2) is 54.7 Å². The monoisotopic (exact) mass is 391 g/mol. The molecule has 0 spiro atoms. The maximum absolute atomic E-state index is 4.65. The predicted octanol–water partition coefficient (Wildman–Crippen LogP) is 2.90. The highest BCUT2D eigenvalue weighted by atomic mass is 32.1. The highest BCUT2D eigenvalue weighted by Crippen LogP contribution is 2.15. The molecule has 0 unspecified atom stereocenters. The van der Waals surface area contributed by atoms with Crippen LogP contribution in [0.25, 0.3) is 16.7 Å². The molecule has 0 saturated carbocycles. The fourth-order valence-electron chi connectivity index (χ4n) is 2.75. The lowest BCUT2D eigenvalue weighted by atomic mass is 10.3. The maximum atomic E-state index is 4.65. The topological polar surface area (TPSA) is 91.4 Å². The zero-order chi connectivity index (χ0) is 19.2. The Morgan fingerprint density at radius 1 is 1.07 bits per heavy atom. The van der Waals surface area contributed by atoms with Crippen molar-refractivity contribution in [2.75, 3.05) is 6.54 Å². The van der Waals surface area contributed by atoms with Crippen molar-refractivity contribution < 1.29 is 0 Å². The average molecular weight is 392 g/mol. The van der Waals surface area contributed by atoms with Crippen LogP contribution in [-0.4, -0.2) is 31.5 Å². The largest absolute Gasteiger partial charge is 0.376 e. The molecule has 0 atom stereocenters. The van der Waals surface area contributed by atoms with Gasteiger partial charge in [-0.3, -0.25) is 0 Å². The van der Waals surface area contributed by atoms with Crippen LogP contribution in [0, 0.1) is 0 Å². The number of H-pyrrole nitrogens is 1. The fourth-order valence-corrected chi connectivity index (χ4v) is 3.57. The van der Waals surface area contributed by atoms with Crippen LogP contribution < -0.4 is 10.6 Å². The van der Waals surface area contributed by atoms with Gasteiger partial charge in [0, 0.05) is 30.7 Å². The SMILES string of the molecule is C=C(NCc1ncccn1)c1csc(CCNCc2nc3ccccc3[nH]2)n1. The Hall–Kier alpha value is -3.10. The molecule has 8 heteroatoms. The zero-order valence-corrected chi connectivity index (χ0v) is 16.2. The molecule has 0 radical (unpaired) electrons. The Bertz CT molecular complexity index is 1020. The van der Waals surface area contributed by atoms with Crippen molar-refractivity contribution in [1.29, 1.82) is 0 Å². The molecule has 28 heavy (non-hydrogen) atoms. The van der Waals surface area contributed by atoms with Crippen molar-refractivity contribution in [3.63, 3.8) is 0 Å². The second-order valence-electron chi connectivity index (χ2n) is 6.25. The van der Waals surface area contributed by atoms with Crippen LogP contribution in [0.5, 0.6) is 0 Å². The number of thiazole rings is 1. The van der Waals surface area contributed by atoms with Crippen molar-refractivity contribution in [2.45, 2.75) is 19.5 Å². The molecule has 4 rings (SSSR count). The van der Waals surface area contributed by atoms with E-state index >= 15 is 0 Å². The van der Waals surface area contributed by atoms with Crippen molar-refractivity contribution in [1.82, 2.24) is 35.6 Å². The van der Waals surface area contributed by atoms with Gasteiger partial charge in [0.05, 0.1) is 40.5 Å². The number of benzene rings is 1. The minimum Gasteiger partial charge on any atom is -0.376 e. The molecule has 3 aromatic heterocycles. The number of imidazole rings is 1. The maximum Gasteiger partial charge on any atom is 0.147 e. The summed E-state index contributed by atoms with van der Waals surface area (Å²) in [7, 11) is 0. The zero-order valence-electron chi connectivity index (χ0n) is 15.4. The molecule has 142 valence electrons. The molecular formula is C20H21N7S. The fraction of sp³-hybridized carbons (Fsp3) is 0.200. The molecule has 0 amide bonds. The van der Waals surface area contributed by atoms with Crippen molar-refractivity contribution in [3.8, 4) is 0 Å². The van der Waals surface area contributed by atoms with Gasteiger partial charge in [0.2, 0.25) is 0 Å². The lowest BCUT2D eigenvalue weighted by molar-refractivity contribution is 0.665. The Morgan fingerprint density at radius 3 is 2.79 bits per heavy atom. The molecule has 1 aromatic carbocycles. The van der Waals surface area contributed by atoms with Gasteiger partial charge in [0.25, 0.3) is 0 Å². The number of para-hydroxylation sites is 2. The van der Waals surface area contributed by atoms with E-state index in [2.05, 4.69) is 42.1 Å². The average Bonchev–Trinajstić information content (AvgIpc) is 3.37. The van der Waals surface area contributed by atoms with Gasteiger partial charge in [0.15, 0.2) is 0 Å². The second kappa shape index (κ2) is 8.73. The first-order valence-electron chi connectivity index (χ1n) is 9.06. The van der Waals surface area contributed by atoms with E-state index in [1.165, 1.54) is 0 Å². The molecule has 0 aliphatic rings. The van der Waals surface area contributed by atoms with Crippen LogP contribution in [0.1, 0.15) is 22.4 Å². The summed E-state index contributed by atoms with van der Waals surface area (Å²) in [5, 5.41) is 9.74. The first-order valence-corrected chi connectivity index (χ1v) is 9.94. The molecule has 7 nitrogen and oxygen atoms in total. The molecule has 0 saturated heterocycles. The van der Waals surface area contributed by atoms with Gasteiger partial charge in [0.1, 0.15) is 11.6 Å². The van der Waals surface area contributed by atoms with Crippen molar-refractivity contribution >= 4 is 28.1 Å². The minimum absolute atomic E-state index is 0.533. The van der Waals surface area contributed by atoms with Gasteiger partial charge >= 0.3 is 0 Å². The summed E-state index contributed by atoms with van der Waals surface area (Å²) in [5.74, 6) is 1.68. The van der Waals surface area contributed by atoms with Gasteiger partial charge in [-0.15, -0.1) is 11.3 Å². The van der Waals surface area contributed by atoms with E-state index in [1.807, 2.05) is 29.6 Å². The highest BCUT2D eigenvalue weighted by Gasteiger charge is 2.07. The third kappa shape index (κ3) is 4.59. The first-order chi connectivity index (χ1) is 13.8. The summed E-state index contributed by atoms with van der Waals surface area (Å²) in [6.07, 6.45) is 4.32. The summed E-state index contributed by atoms with van der Waals surface area (Å²) >= 11 is 1.64. The third-order valence-electron chi connectivity index (χ3n) is 4.19. The van der Waals surface area contributed by atoms with E-state index in [4.69, 9.17) is 0 Å². The number of nitrogens with one attached hydrogen (secondary N) is 3. The summed E-state index contributed by atoms with van der Waals surface area (Å²) in [6.45, 7) is 6.13. The van der Waals surface area contributed by atoms with Crippen molar-refractivity contribution in [2.24, 2.45) is 0 Å². The first kappa shape index (κ1) is 18.3. The summed E-state index contributed by atoms with van der Waals surface area (Å²) in [4.78, 5) is 20.9. The van der Waals surface area contributed by atoms with Crippen molar-refractivity contribution in [3.05, 3.63) is 77.0 Å². The summed E-state index contributed by atoms with van der Waals surface area (Å²) in [6, 6.07) is 9.85. The molecule has 0 aliphatic carbocycles. The number of nitrogens with zero attached hydrogens (tertiary/aromatic N) is 4. The molecule has 0 bridgehead atoms. The molecule has 0 fully saturated rings. The summed E-state index contributed by atoms with van der Waals surface area (Å²) in [5.41, 5.74) is 3.71. The Kier molecular flexibility index (Phi) is 5.69. The molecule has 3 heterocycles. The van der Waals surface area contributed by atoms with Crippen LogP contribution in [0.4, 0.5) is 0 Å². The second-order valence-corrected chi connectivity index (χ2v) is 7.19. The van der Waals surface area contributed by atoms with Crippen LogP contribution in [0.3, 0.4) is 0 Å². The van der Waals surface area contributed by atoms with Crippen LogP contribution in [0.2, 0.25) is 0 Å². The number of hydrogen-bond acceptors (Lipinski definition) is 7. The normalized spacial score (nSPS) is 11.0. The molecule has 3 N–H and O–H groups in total. The van der Waals surface area contributed by atoms with Gasteiger partial charge in [-0.05, 0) is 18.2 Å². The Balaban J connectivity index is 1.22. The van der Waals surface area contributed by atoms with E-state index in [1.54, 1.807) is 29.8 Å². The lowest BCUT2D eigenvalue weighted by Crippen LogP contribution is -2.17. The number of fused-ring (bicyclic) bond motifs is 1. The van der Waals surface area contributed by atoms with E-state index in [9.17, 15) is 0 Å². The number of hydrogen-bond donors (Lipinski definition) is 3. The smallest absolute Gasteiger partial charge is 0.147 e. The van der Waals surface area contributed by atoms with Gasteiger partial charge in [-0.2, -0.15) is 0 Å². The van der Waals surface area contributed by atoms with Crippen LogP contribution in [-0.2, 0) is 19.5 Å². The standard InChI is InChI=1S/C20H21N7S/c1-14(24-12-18-22-8-4-9-23-18)17-13-28-20(27-17)7-10-21-11-19-25-15-5-2-3-6-16(15)26-19/h2-6,8-9,13,21,24H,1,7,10-12H2,(H,25,26). The van der Waals surface area contributed by atoms with E-state index in [-0.39, 0.29) is 0 Å². The van der Waals surface area contributed by atoms with Gasteiger partial charge in [-0.1, -0.05) is 18.7 Å². The van der Waals surface area contributed by atoms with E-state index in [0.717, 1.165) is 52.0 Å². The number of aromatic nitrogens is 5. The minimum atomic E-state index is 0.533. The summed E-state index contributed by atoms with van der Waals surface area (Å²) < 4.78 is 0. The lowest BCUT2D eigenvalue weighted by Gasteiger charge is -2.05. The highest BCUT2D eigenvalue weighted by molar-refractivity contribution is 7.09. The van der Waals surface area contributed by atoms with Gasteiger partial charge < -0.3 is 15.6 Å². The Morgan fingerprint density at radius 2 is 1.93 bits per heavy atom. The molecular weight excluding hydrogens is 370 g/mol. The number of aromatic amines is 1. The van der Waals surface area contributed by atoms with Crippen LogP contribution >= 0.6 is 11.3 Å². The molecule has 4 aromatic rings. The molecule has 0 aliphatic heterocycles. The quantitative estimate of drug-likeness (QED) is 0.380.